The largest absolute Gasteiger partial charge is 0.492 e. The highest BCUT2D eigenvalue weighted by molar-refractivity contribution is 5.93. The predicted octanol–water partition coefficient (Wildman–Crippen LogP) is 5.23. The Morgan fingerprint density at radius 2 is 1.93 bits per heavy atom. The summed E-state index contributed by atoms with van der Waals surface area (Å²) in [5.74, 6) is -1.37. The van der Waals surface area contributed by atoms with E-state index in [9.17, 15) is 14.7 Å². The number of halogens is 1. The van der Waals surface area contributed by atoms with Gasteiger partial charge in [-0.25, -0.2) is 18.7 Å². The van der Waals surface area contributed by atoms with E-state index in [2.05, 4.69) is 15.4 Å². The molecule has 0 aliphatic carbocycles. The number of hydrogen-bond acceptors (Lipinski definition) is 7. The van der Waals surface area contributed by atoms with Crippen LogP contribution in [-0.2, 0) is 16.0 Å². The van der Waals surface area contributed by atoms with Crippen molar-refractivity contribution in [3.63, 3.8) is 0 Å². The highest BCUT2D eigenvalue weighted by atomic mass is 19.1. The van der Waals surface area contributed by atoms with E-state index in [-0.39, 0.29) is 35.9 Å². The van der Waals surface area contributed by atoms with Crippen LogP contribution in [0.4, 0.5) is 4.39 Å². The van der Waals surface area contributed by atoms with E-state index < -0.39 is 29.4 Å². The van der Waals surface area contributed by atoms with Gasteiger partial charge < -0.3 is 24.6 Å². The van der Waals surface area contributed by atoms with E-state index in [1.54, 1.807) is 27.7 Å². The molecule has 1 amide bonds. The maximum Gasteiger partial charge on any atom is 0.337 e. The number of fused-ring (bicyclic) bond motifs is 2. The zero-order valence-electron chi connectivity index (χ0n) is 24.9. The standard InChI is InChI=1S/C32H35FN4O6/c1-18-21-12-9-14-42-28(21)23(33)16-22(18)27-26(29(31(39)40)43-32(3,4)5)19(2)35-25-17-24(36-37(25)27)30(38)34-13-15-41-20-10-7-6-8-11-20/h6-8,10-11,16-17,29H,9,12-15H2,1-5H3,(H,34,38)(H,39,40). The fourth-order valence-corrected chi connectivity index (χ4v) is 5.25. The number of para-hydroxylation sites is 1. The van der Waals surface area contributed by atoms with Gasteiger partial charge in [0.1, 0.15) is 12.4 Å². The van der Waals surface area contributed by atoms with Gasteiger partial charge in [-0.3, -0.25) is 4.79 Å². The average Bonchev–Trinajstić information content (AvgIpc) is 3.39. The fraction of sp³-hybridized carbons (Fsp3) is 0.375. The molecular formula is C32H35FN4O6. The number of benzene rings is 2. The zero-order valence-corrected chi connectivity index (χ0v) is 24.9. The predicted molar refractivity (Wildman–Crippen MR) is 157 cm³/mol. The Balaban J connectivity index is 1.61. The third-order valence-corrected chi connectivity index (χ3v) is 7.11. The minimum atomic E-state index is -1.45. The maximum absolute atomic E-state index is 15.5. The third kappa shape index (κ3) is 6.31. The van der Waals surface area contributed by atoms with Crippen LogP contribution in [0.15, 0.2) is 42.5 Å². The molecule has 0 saturated carbocycles. The average molecular weight is 591 g/mol. The summed E-state index contributed by atoms with van der Waals surface area (Å²) in [7, 11) is 0. The normalized spacial score (nSPS) is 13.7. The Morgan fingerprint density at radius 1 is 1.19 bits per heavy atom. The molecule has 10 nitrogen and oxygen atoms in total. The van der Waals surface area contributed by atoms with Gasteiger partial charge in [-0.2, -0.15) is 5.10 Å². The van der Waals surface area contributed by atoms with Crippen molar-refractivity contribution in [3.8, 4) is 22.8 Å². The number of hydrogen-bond donors (Lipinski definition) is 2. The van der Waals surface area contributed by atoms with Gasteiger partial charge in [0, 0.05) is 28.5 Å². The van der Waals surface area contributed by atoms with Crippen LogP contribution in [0.25, 0.3) is 16.9 Å². The molecule has 1 unspecified atom stereocenters. The minimum Gasteiger partial charge on any atom is -0.492 e. The lowest BCUT2D eigenvalue weighted by Gasteiger charge is -2.28. The van der Waals surface area contributed by atoms with Crippen LogP contribution in [-0.4, -0.2) is 56.9 Å². The Morgan fingerprint density at radius 3 is 2.63 bits per heavy atom. The first-order valence-electron chi connectivity index (χ1n) is 14.2. The molecule has 11 heteroatoms. The molecule has 2 aromatic carbocycles. The summed E-state index contributed by atoms with van der Waals surface area (Å²) in [5.41, 5.74) is 2.26. The highest BCUT2D eigenvalue weighted by Crippen LogP contribution is 2.41. The quantitative estimate of drug-likeness (QED) is 0.254. The van der Waals surface area contributed by atoms with Crippen molar-refractivity contribution in [2.75, 3.05) is 19.8 Å². The van der Waals surface area contributed by atoms with Crippen LogP contribution in [0.1, 0.15) is 66.2 Å². The second-order valence-corrected chi connectivity index (χ2v) is 11.4. The number of carboxylic acid groups (broad SMARTS) is 1. The minimum absolute atomic E-state index is 0.0630. The number of carbonyl (C=O) groups is 2. The second-order valence-electron chi connectivity index (χ2n) is 11.4. The topological polar surface area (TPSA) is 124 Å². The highest BCUT2D eigenvalue weighted by Gasteiger charge is 2.34. The Bertz CT molecular complexity index is 1680. The van der Waals surface area contributed by atoms with E-state index in [0.717, 1.165) is 12.0 Å². The van der Waals surface area contributed by atoms with Gasteiger partial charge in [0.05, 0.1) is 24.4 Å². The van der Waals surface area contributed by atoms with E-state index in [1.165, 1.54) is 16.6 Å². The molecular weight excluding hydrogens is 555 g/mol. The molecule has 2 N–H and O–H groups in total. The number of aliphatic carboxylic acids is 1. The van der Waals surface area contributed by atoms with Crippen molar-refractivity contribution in [3.05, 3.63) is 76.4 Å². The van der Waals surface area contributed by atoms with Crippen molar-refractivity contribution < 1.29 is 33.3 Å². The number of amides is 1. The molecule has 0 radical (unpaired) electrons. The molecule has 0 spiro atoms. The van der Waals surface area contributed by atoms with Crippen LogP contribution >= 0.6 is 0 Å². The molecule has 1 atom stereocenters. The lowest BCUT2D eigenvalue weighted by atomic mass is 9.91. The summed E-state index contributed by atoms with van der Waals surface area (Å²) in [5, 5.41) is 17.7. The Kier molecular flexibility index (Phi) is 8.36. The van der Waals surface area contributed by atoms with E-state index in [1.807, 2.05) is 37.3 Å². The molecule has 0 bridgehead atoms. The monoisotopic (exact) mass is 590 g/mol. The first-order chi connectivity index (χ1) is 20.4. The zero-order chi connectivity index (χ0) is 30.9. The van der Waals surface area contributed by atoms with Crippen molar-refractivity contribution >= 4 is 17.5 Å². The summed E-state index contributed by atoms with van der Waals surface area (Å²) in [6, 6.07) is 12.1. The molecule has 2 aromatic heterocycles. The summed E-state index contributed by atoms with van der Waals surface area (Å²) in [6.07, 6.45) is -0.120. The van der Waals surface area contributed by atoms with Crippen LogP contribution in [0.5, 0.6) is 11.5 Å². The maximum atomic E-state index is 15.5. The Labute approximate surface area is 248 Å². The SMILES string of the molecule is Cc1nc2cc(C(=O)NCCOc3ccccc3)nn2c(-c2cc(F)c3c(c2C)CCCO3)c1C(OC(C)(C)C)C(=O)O. The van der Waals surface area contributed by atoms with Crippen LogP contribution in [0.2, 0.25) is 0 Å². The number of aromatic nitrogens is 3. The molecule has 1 aliphatic heterocycles. The van der Waals surface area contributed by atoms with Crippen molar-refractivity contribution in [2.24, 2.45) is 0 Å². The molecule has 226 valence electrons. The number of carbonyl (C=O) groups excluding carboxylic acids is 1. The van der Waals surface area contributed by atoms with E-state index >= 15 is 4.39 Å². The van der Waals surface area contributed by atoms with Gasteiger partial charge in [0.2, 0.25) is 0 Å². The van der Waals surface area contributed by atoms with Crippen molar-refractivity contribution in [1.29, 1.82) is 0 Å². The first kappa shape index (κ1) is 30.0. The van der Waals surface area contributed by atoms with Crippen LogP contribution in [0, 0.1) is 19.7 Å². The molecule has 4 aromatic rings. The molecule has 0 saturated heterocycles. The third-order valence-electron chi connectivity index (χ3n) is 7.11. The van der Waals surface area contributed by atoms with E-state index in [4.69, 9.17) is 14.2 Å². The number of nitrogens with zero attached hydrogens (tertiary/aromatic N) is 3. The van der Waals surface area contributed by atoms with Crippen LogP contribution in [0.3, 0.4) is 0 Å². The molecule has 3 heterocycles. The summed E-state index contributed by atoms with van der Waals surface area (Å²) in [4.78, 5) is 30.4. The van der Waals surface area contributed by atoms with Gasteiger partial charge in [-0.05, 0) is 71.2 Å². The summed E-state index contributed by atoms with van der Waals surface area (Å²) >= 11 is 0. The Hall–Kier alpha value is -4.51. The van der Waals surface area contributed by atoms with Gasteiger partial charge in [-0.1, -0.05) is 18.2 Å². The second kappa shape index (κ2) is 12.0. The van der Waals surface area contributed by atoms with Crippen molar-refractivity contribution in [2.45, 2.75) is 59.2 Å². The lowest BCUT2D eigenvalue weighted by Crippen LogP contribution is -2.29. The van der Waals surface area contributed by atoms with E-state index in [0.29, 0.717) is 41.2 Å². The first-order valence-corrected chi connectivity index (χ1v) is 14.2. The molecule has 0 fully saturated rings. The van der Waals surface area contributed by atoms with Gasteiger partial charge in [0.15, 0.2) is 29.0 Å². The van der Waals surface area contributed by atoms with Crippen LogP contribution < -0.4 is 14.8 Å². The summed E-state index contributed by atoms with van der Waals surface area (Å²) in [6.45, 7) is 9.66. The lowest BCUT2D eigenvalue weighted by molar-refractivity contribution is -0.160. The molecule has 43 heavy (non-hydrogen) atoms. The van der Waals surface area contributed by atoms with Gasteiger partial charge in [0.25, 0.3) is 5.91 Å². The number of aryl methyl sites for hydroxylation is 1. The molecule has 1 aliphatic rings. The number of rotatable bonds is 9. The smallest absolute Gasteiger partial charge is 0.337 e. The van der Waals surface area contributed by atoms with Gasteiger partial charge in [-0.15, -0.1) is 0 Å². The van der Waals surface area contributed by atoms with Gasteiger partial charge >= 0.3 is 5.97 Å². The molecule has 5 rings (SSSR count). The summed E-state index contributed by atoms with van der Waals surface area (Å²) < 4.78 is 34.2. The fourth-order valence-electron chi connectivity index (χ4n) is 5.25. The number of ether oxygens (including phenoxy) is 3. The number of nitrogens with one attached hydrogen (secondary N) is 1. The van der Waals surface area contributed by atoms with Crippen molar-refractivity contribution in [1.82, 2.24) is 19.9 Å². The number of carboxylic acids is 1.